The Bertz CT molecular complexity index is 1080. The highest BCUT2D eigenvalue weighted by molar-refractivity contribution is 6.46. The van der Waals surface area contributed by atoms with Crippen molar-refractivity contribution in [3.63, 3.8) is 0 Å². The second-order valence-corrected chi connectivity index (χ2v) is 8.70. The first-order chi connectivity index (χ1) is 15.9. The Hall–Kier alpha value is -3.48. The van der Waals surface area contributed by atoms with Gasteiger partial charge in [0.15, 0.2) is 11.5 Å². The molecule has 1 N–H and O–H groups in total. The number of Topliss-reactive ketones (excluding diaryl/α,β-unsaturated/α-hetero) is 1. The van der Waals surface area contributed by atoms with E-state index in [4.69, 9.17) is 9.47 Å². The molecular formula is C26H30N2O5. The zero-order chi connectivity index (χ0) is 23.7. The van der Waals surface area contributed by atoms with Gasteiger partial charge in [-0.1, -0.05) is 25.0 Å². The summed E-state index contributed by atoms with van der Waals surface area (Å²) in [6, 6.07) is 12.1. The van der Waals surface area contributed by atoms with E-state index in [1.807, 2.05) is 43.3 Å². The maximum atomic E-state index is 13.3. The first-order valence-corrected chi connectivity index (χ1v) is 11.2. The van der Waals surface area contributed by atoms with E-state index in [1.54, 1.807) is 23.1 Å². The van der Waals surface area contributed by atoms with Crippen molar-refractivity contribution in [2.75, 3.05) is 33.2 Å². The molecule has 0 spiro atoms. The summed E-state index contributed by atoms with van der Waals surface area (Å²) in [6.45, 7) is 0. The molecular weight excluding hydrogens is 420 g/mol. The molecule has 2 aromatic carbocycles. The fraction of sp³-hybridized carbons (Fsp3) is 0.385. The van der Waals surface area contributed by atoms with E-state index >= 15 is 0 Å². The van der Waals surface area contributed by atoms with Crippen LogP contribution in [0.15, 0.2) is 48.0 Å². The van der Waals surface area contributed by atoms with Crippen molar-refractivity contribution in [3.05, 3.63) is 59.2 Å². The zero-order valence-electron chi connectivity index (χ0n) is 19.5. The average molecular weight is 451 g/mol. The topological polar surface area (TPSA) is 79.3 Å². The molecule has 1 heterocycles. The average Bonchev–Trinajstić information content (AvgIpc) is 3.45. The fourth-order valence-corrected chi connectivity index (χ4v) is 4.83. The third-order valence-corrected chi connectivity index (χ3v) is 6.58. The summed E-state index contributed by atoms with van der Waals surface area (Å²) in [5, 5.41) is 11.3. The minimum atomic E-state index is -0.657. The molecule has 0 bridgehead atoms. The number of aliphatic hydroxyl groups excluding tert-OH is 1. The van der Waals surface area contributed by atoms with Gasteiger partial charge in [-0.25, -0.2) is 0 Å². The van der Waals surface area contributed by atoms with Gasteiger partial charge < -0.3 is 24.4 Å². The standard InChI is InChI=1S/C26H30N2O5/c1-27(2)18-12-9-16(10-13-18)23-22(25(30)26(31)28(23)19-7-5-6-8-19)24(29)17-11-14-20(32-3)21(15-17)33-4/h9-15,19,23,29H,5-8H2,1-4H3/b24-22-. The first kappa shape index (κ1) is 22.7. The predicted octanol–water partition coefficient (Wildman–Crippen LogP) is 4.13. The quantitative estimate of drug-likeness (QED) is 0.405. The van der Waals surface area contributed by atoms with Gasteiger partial charge in [-0.05, 0) is 48.7 Å². The SMILES string of the molecule is COc1ccc(/C(O)=C2/C(=O)C(=O)N(C3CCCC3)C2c2ccc(N(C)C)cc2)cc1OC. The summed E-state index contributed by atoms with van der Waals surface area (Å²) in [5.41, 5.74) is 2.31. The van der Waals surface area contributed by atoms with Gasteiger partial charge in [0.25, 0.3) is 11.7 Å². The van der Waals surface area contributed by atoms with Crippen LogP contribution in [0.3, 0.4) is 0 Å². The van der Waals surface area contributed by atoms with Crippen LogP contribution in [0.1, 0.15) is 42.9 Å². The molecule has 174 valence electrons. The smallest absolute Gasteiger partial charge is 0.295 e. The minimum Gasteiger partial charge on any atom is -0.507 e. The lowest BCUT2D eigenvalue weighted by atomic mass is 9.94. The largest absolute Gasteiger partial charge is 0.507 e. The van der Waals surface area contributed by atoms with E-state index in [9.17, 15) is 14.7 Å². The lowest BCUT2D eigenvalue weighted by Crippen LogP contribution is -2.37. The van der Waals surface area contributed by atoms with Gasteiger partial charge in [-0.3, -0.25) is 9.59 Å². The molecule has 0 aromatic heterocycles. The molecule has 7 nitrogen and oxygen atoms in total. The normalized spacial score (nSPS) is 20.4. The molecule has 1 saturated carbocycles. The summed E-state index contributed by atoms with van der Waals surface area (Å²) in [5.74, 6) is -0.479. The number of rotatable bonds is 6. The number of anilines is 1. The summed E-state index contributed by atoms with van der Waals surface area (Å²) in [6.07, 6.45) is 3.76. The van der Waals surface area contributed by atoms with Gasteiger partial charge >= 0.3 is 0 Å². The van der Waals surface area contributed by atoms with Gasteiger partial charge in [0.2, 0.25) is 0 Å². The van der Waals surface area contributed by atoms with E-state index in [2.05, 4.69) is 0 Å². The number of aliphatic hydroxyl groups is 1. The summed E-state index contributed by atoms with van der Waals surface area (Å²) >= 11 is 0. The Balaban J connectivity index is 1.86. The van der Waals surface area contributed by atoms with E-state index in [0.717, 1.165) is 36.9 Å². The number of hydrogen-bond acceptors (Lipinski definition) is 6. The van der Waals surface area contributed by atoms with Crippen LogP contribution in [0.5, 0.6) is 11.5 Å². The van der Waals surface area contributed by atoms with Gasteiger partial charge in [-0.15, -0.1) is 0 Å². The molecule has 1 aliphatic carbocycles. The number of benzene rings is 2. The number of ether oxygens (including phenoxy) is 2. The first-order valence-electron chi connectivity index (χ1n) is 11.2. The van der Waals surface area contributed by atoms with Crippen LogP contribution in [-0.2, 0) is 9.59 Å². The number of methoxy groups -OCH3 is 2. The summed E-state index contributed by atoms with van der Waals surface area (Å²) in [4.78, 5) is 30.1. The number of hydrogen-bond donors (Lipinski definition) is 1. The number of carbonyl (C=O) groups excluding carboxylic acids is 2. The molecule has 2 aromatic rings. The molecule has 4 rings (SSSR count). The highest BCUT2D eigenvalue weighted by atomic mass is 16.5. The molecule has 1 aliphatic heterocycles. The van der Waals surface area contributed by atoms with Crippen molar-refractivity contribution in [1.29, 1.82) is 0 Å². The second-order valence-electron chi connectivity index (χ2n) is 8.70. The number of ketones is 1. The highest BCUT2D eigenvalue weighted by Gasteiger charge is 2.49. The monoisotopic (exact) mass is 450 g/mol. The van der Waals surface area contributed by atoms with Crippen LogP contribution in [0.4, 0.5) is 5.69 Å². The van der Waals surface area contributed by atoms with Crippen molar-refractivity contribution in [2.24, 2.45) is 0 Å². The Morgan fingerprint density at radius 2 is 1.61 bits per heavy atom. The number of likely N-dealkylation sites (tertiary alicyclic amines) is 1. The van der Waals surface area contributed by atoms with Crippen molar-refractivity contribution in [2.45, 2.75) is 37.8 Å². The van der Waals surface area contributed by atoms with Crippen LogP contribution in [-0.4, -0.2) is 56.1 Å². The highest BCUT2D eigenvalue weighted by Crippen LogP contribution is 2.44. The molecule has 1 saturated heterocycles. The Morgan fingerprint density at radius 1 is 0.970 bits per heavy atom. The van der Waals surface area contributed by atoms with Gasteiger partial charge in [0, 0.05) is 31.4 Å². The van der Waals surface area contributed by atoms with Crippen LogP contribution < -0.4 is 14.4 Å². The van der Waals surface area contributed by atoms with Gasteiger partial charge in [0.05, 0.1) is 25.8 Å². The third-order valence-electron chi connectivity index (χ3n) is 6.58. The Labute approximate surface area is 194 Å². The van der Waals surface area contributed by atoms with Crippen molar-refractivity contribution >= 4 is 23.1 Å². The molecule has 0 radical (unpaired) electrons. The second kappa shape index (κ2) is 9.17. The molecule has 2 fully saturated rings. The Morgan fingerprint density at radius 3 is 2.18 bits per heavy atom. The molecule has 2 aliphatic rings. The minimum absolute atomic E-state index is 0.0179. The number of amides is 1. The van der Waals surface area contributed by atoms with Crippen molar-refractivity contribution < 1.29 is 24.2 Å². The van der Waals surface area contributed by atoms with E-state index in [1.165, 1.54) is 14.2 Å². The van der Waals surface area contributed by atoms with Crippen molar-refractivity contribution in [1.82, 2.24) is 4.90 Å². The fourth-order valence-electron chi connectivity index (χ4n) is 4.83. The van der Waals surface area contributed by atoms with Crippen LogP contribution in [0.2, 0.25) is 0 Å². The van der Waals surface area contributed by atoms with Gasteiger partial charge in [0.1, 0.15) is 5.76 Å². The summed E-state index contributed by atoms with van der Waals surface area (Å²) < 4.78 is 10.6. The maximum absolute atomic E-state index is 13.3. The lowest BCUT2D eigenvalue weighted by Gasteiger charge is -2.31. The number of nitrogens with zero attached hydrogens (tertiary/aromatic N) is 2. The van der Waals surface area contributed by atoms with Crippen LogP contribution in [0, 0.1) is 0 Å². The van der Waals surface area contributed by atoms with Crippen molar-refractivity contribution in [3.8, 4) is 11.5 Å². The van der Waals surface area contributed by atoms with Crippen LogP contribution >= 0.6 is 0 Å². The van der Waals surface area contributed by atoms with Gasteiger partial charge in [-0.2, -0.15) is 0 Å². The van der Waals surface area contributed by atoms with E-state index < -0.39 is 17.7 Å². The van der Waals surface area contributed by atoms with E-state index in [0.29, 0.717) is 17.1 Å². The molecule has 1 atom stereocenters. The maximum Gasteiger partial charge on any atom is 0.295 e. The molecule has 33 heavy (non-hydrogen) atoms. The molecule has 1 unspecified atom stereocenters. The predicted molar refractivity (Wildman–Crippen MR) is 127 cm³/mol. The van der Waals surface area contributed by atoms with E-state index in [-0.39, 0.29) is 17.4 Å². The summed E-state index contributed by atoms with van der Waals surface area (Å²) in [7, 11) is 6.95. The molecule has 7 heteroatoms. The zero-order valence-corrected chi connectivity index (χ0v) is 19.5. The number of carbonyl (C=O) groups is 2. The third kappa shape index (κ3) is 4.03. The van der Waals surface area contributed by atoms with Crippen LogP contribution in [0.25, 0.3) is 5.76 Å². The molecule has 1 amide bonds. The Kier molecular flexibility index (Phi) is 6.31. The lowest BCUT2D eigenvalue weighted by molar-refractivity contribution is -0.141.